The van der Waals surface area contributed by atoms with E-state index in [2.05, 4.69) is 0 Å². The minimum absolute atomic E-state index is 0.0743. The number of nitrogens with two attached hydrogens (primary N) is 2. The summed E-state index contributed by atoms with van der Waals surface area (Å²) >= 11 is 5.58. The normalized spacial score (nSPS) is 13.2. The molecule has 0 saturated heterocycles. The van der Waals surface area contributed by atoms with Gasteiger partial charge in [-0.3, -0.25) is 4.79 Å². The van der Waals surface area contributed by atoms with E-state index in [-0.39, 0.29) is 5.02 Å². The summed E-state index contributed by atoms with van der Waals surface area (Å²) in [4.78, 5) is 9.77. The Morgan fingerprint density at radius 2 is 2.11 bits per heavy atom. The zero-order chi connectivity index (χ0) is 14.8. The standard InChI is InChI=1S/C9H11ClFN3O4S/c10-4-1-5(12)8(11)7(2-4)19(17,18)14-3-6(15)9(13)16/h1-2,6,14-15H,3,12H2,(H2,13,16). The van der Waals surface area contributed by atoms with E-state index in [0.717, 1.165) is 12.1 Å². The number of hydrogen-bond acceptors (Lipinski definition) is 5. The average molecular weight is 312 g/mol. The number of primary amides is 1. The van der Waals surface area contributed by atoms with Crippen molar-refractivity contribution < 1.29 is 22.7 Å². The molecule has 1 amide bonds. The van der Waals surface area contributed by atoms with E-state index in [4.69, 9.17) is 28.2 Å². The number of anilines is 1. The van der Waals surface area contributed by atoms with Crippen LogP contribution in [0.5, 0.6) is 0 Å². The van der Waals surface area contributed by atoms with Gasteiger partial charge in [0.2, 0.25) is 15.9 Å². The number of aliphatic hydroxyl groups excluding tert-OH is 1. The molecule has 0 bridgehead atoms. The summed E-state index contributed by atoms with van der Waals surface area (Å²) < 4.78 is 38.9. The summed E-state index contributed by atoms with van der Waals surface area (Å²) in [7, 11) is -4.32. The van der Waals surface area contributed by atoms with E-state index in [0.29, 0.717) is 0 Å². The molecule has 0 aromatic heterocycles. The molecule has 0 radical (unpaired) electrons. The third kappa shape index (κ3) is 3.77. The lowest BCUT2D eigenvalue weighted by Gasteiger charge is -2.11. The van der Waals surface area contributed by atoms with Gasteiger partial charge in [-0.15, -0.1) is 0 Å². The first kappa shape index (κ1) is 15.6. The van der Waals surface area contributed by atoms with Gasteiger partial charge in [-0.2, -0.15) is 0 Å². The number of aliphatic hydroxyl groups is 1. The Balaban J connectivity index is 3.05. The third-order valence-electron chi connectivity index (χ3n) is 2.12. The van der Waals surface area contributed by atoms with Crippen LogP contribution in [0.15, 0.2) is 17.0 Å². The number of sulfonamides is 1. The SMILES string of the molecule is NC(=O)C(O)CNS(=O)(=O)c1cc(Cl)cc(N)c1F. The molecule has 0 aliphatic rings. The van der Waals surface area contributed by atoms with Gasteiger partial charge in [-0.25, -0.2) is 17.5 Å². The van der Waals surface area contributed by atoms with Crippen molar-refractivity contribution in [1.82, 2.24) is 4.72 Å². The molecule has 1 rings (SSSR count). The number of nitrogen functional groups attached to an aromatic ring is 1. The van der Waals surface area contributed by atoms with Crippen molar-refractivity contribution in [2.45, 2.75) is 11.0 Å². The molecular weight excluding hydrogens is 301 g/mol. The van der Waals surface area contributed by atoms with Crippen molar-refractivity contribution >= 4 is 33.2 Å². The third-order valence-corrected chi connectivity index (χ3v) is 3.76. The number of rotatable bonds is 5. The summed E-state index contributed by atoms with van der Waals surface area (Å²) in [5, 5.41) is 8.99. The van der Waals surface area contributed by atoms with Gasteiger partial charge < -0.3 is 16.6 Å². The number of carbonyl (C=O) groups excluding carboxylic acids is 1. The van der Waals surface area contributed by atoms with E-state index < -0.39 is 45.0 Å². The molecule has 0 saturated carbocycles. The first-order chi connectivity index (χ1) is 8.65. The van der Waals surface area contributed by atoms with E-state index in [9.17, 15) is 17.6 Å². The minimum atomic E-state index is -4.32. The van der Waals surface area contributed by atoms with Crippen LogP contribution in [0.4, 0.5) is 10.1 Å². The fraction of sp³-hybridized carbons (Fsp3) is 0.222. The zero-order valence-electron chi connectivity index (χ0n) is 9.43. The highest BCUT2D eigenvalue weighted by Crippen LogP contribution is 2.24. The van der Waals surface area contributed by atoms with Gasteiger partial charge in [-0.05, 0) is 12.1 Å². The lowest BCUT2D eigenvalue weighted by Crippen LogP contribution is -2.40. The van der Waals surface area contributed by atoms with Gasteiger partial charge in [0.25, 0.3) is 0 Å². The van der Waals surface area contributed by atoms with Crippen LogP contribution in [-0.2, 0) is 14.8 Å². The molecule has 1 atom stereocenters. The number of amides is 1. The topological polar surface area (TPSA) is 136 Å². The van der Waals surface area contributed by atoms with Crippen LogP contribution in [0, 0.1) is 5.82 Å². The Morgan fingerprint density at radius 1 is 1.53 bits per heavy atom. The summed E-state index contributed by atoms with van der Waals surface area (Å²) in [6, 6.07) is 1.90. The van der Waals surface area contributed by atoms with Crippen molar-refractivity contribution in [3.8, 4) is 0 Å². The molecule has 0 aliphatic carbocycles. The molecule has 1 aromatic rings. The van der Waals surface area contributed by atoms with Gasteiger partial charge >= 0.3 is 0 Å². The maximum absolute atomic E-state index is 13.6. The second-order valence-electron chi connectivity index (χ2n) is 3.58. The molecule has 1 aromatic carbocycles. The van der Waals surface area contributed by atoms with Crippen molar-refractivity contribution in [2.24, 2.45) is 5.73 Å². The number of halogens is 2. The van der Waals surface area contributed by atoms with Crippen LogP contribution in [0.1, 0.15) is 0 Å². The maximum atomic E-state index is 13.6. The van der Waals surface area contributed by atoms with Gasteiger partial charge in [0.05, 0.1) is 5.69 Å². The van der Waals surface area contributed by atoms with E-state index >= 15 is 0 Å². The molecule has 6 N–H and O–H groups in total. The van der Waals surface area contributed by atoms with Crippen molar-refractivity contribution in [3.63, 3.8) is 0 Å². The summed E-state index contributed by atoms with van der Waals surface area (Å²) in [6.07, 6.45) is -1.73. The monoisotopic (exact) mass is 311 g/mol. The highest BCUT2D eigenvalue weighted by Gasteiger charge is 2.23. The highest BCUT2D eigenvalue weighted by molar-refractivity contribution is 7.89. The predicted molar refractivity (Wildman–Crippen MR) is 66.2 cm³/mol. The highest BCUT2D eigenvalue weighted by atomic mass is 35.5. The summed E-state index contributed by atoms with van der Waals surface area (Å²) in [5.41, 5.74) is 9.55. The first-order valence-corrected chi connectivity index (χ1v) is 6.73. The minimum Gasteiger partial charge on any atom is -0.396 e. The molecule has 0 fully saturated rings. The second kappa shape index (κ2) is 5.70. The van der Waals surface area contributed by atoms with Crippen molar-refractivity contribution in [2.75, 3.05) is 12.3 Å². The van der Waals surface area contributed by atoms with E-state index in [1.165, 1.54) is 0 Å². The van der Waals surface area contributed by atoms with Crippen LogP contribution >= 0.6 is 11.6 Å². The quantitative estimate of drug-likeness (QED) is 0.527. The summed E-state index contributed by atoms with van der Waals surface area (Å²) in [5.74, 6) is -2.29. The maximum Gasteiger partial charge on any atom is 0.247 e. The van der Waals surface area contributed by atoms with Crippen LogP contribution in [0.3, 0.4) is 0 Å². The fourth-order valence-electron chi connectivity index (χ4n) is 1.15. The lowest BCUT2D eigenvalue weighted by molar-refractivity contribution is -0.125. The molecule has 10 heteroatoms. The van der Waals surface area contributed by atoms with Crippen LogP contribution in [-0.4, -0.2) is 32.1 Å². The Bertz CT molecular complexity index is 608. The Hall–Kier alpha value is -1.42. The number of carbonyl (C=O) groups is 1. The molecule has 0 spiro atoms. The Kier molecular flexibility index (Phi) is 4.69. The number of benzene rings is 1. The predicted octanol–water partition coefficient (Wildman–Crippen LogP) is -0.814. The van der Waals surface area contributed by atoms with E-state index in [1.807, 2.05) is 4.72 Å². The van der Waals surface area contributed by atoms with Gasteiger partial charge in [-0.1, -0.05) is 11.6 Å². The Morgan fingerprint density at radius 3 is 2.63 bits per heavy atom. The number of nitrogens with one attached hydrogen (secondary N) is 1. The molecule has 106 valence electrons. The molecule has 7 nitrogen and oxygen atoms in total. The first-order valence-electron chi connectivity index (χ1n) is 4.86. The van der Waals surface area contributed by atoms with E-state index in [1.54, 1.807) is 0 Å². The molecule has 0 heterocycles. The van der Waals surface area contributed by atoms with Gasteiger partial charge in [0, 0.05) is 11.6 Å². The smallest absolute Gasteiger partial charge is 0.247 e. The van der Waals surface area contributed by atoms with Gasteiger partial charge in [0.15, 0.2) is 5.82 Å². The summed E-state index contributed by atoms with van der Waals surface area (Å²) in [6.45, 7) is -0.691. The van der Waals surface area contributed by atoms with Crippen molar-refractivity contribution in [1.29, 1.82) is 0 Å². The van der Waals surface area contributed by atoms with Crippen LogP contribution in [0.2, 0.25) is 5.02 Å². The number of hydrogen-bond donors (Lipinski definition) is 4. The molecular formula is C9H11ClFN3O4S. The largest absolute Gasteiger partial charge is 0.396 e. The molecule has 0 aliphatic heterocycles. The fourth-order valence-corrected chi connectivity index (χ4v) is 2.61. The lowest BCUT2D eigenvalue weighted by atomic mass is 10.3. The van der Waals surface area contributed by atoms with Crippen LogP contribution in [0.25, 0.3) is 0 Å². The second-order valence-corrected chi connectivity index (χ2v) is 5.75. The Labute approximate surface area is 113 Å². The molecule has 19 heavy (non-hydrogen) atoms. The molecule has 1 unspecified atom stereocenters. The van der Waals surface area contributed by atoms with Gasteiger partial charge in [0.1, 0.15) is 11.0 Å². The van der Waals surface area contributed by atoms with Crippen molar-refractivity contribution in [3.05, 3.63) is 23.0 Å². The van der Waals surface area contributed by atoms with Crippen LogP contribution < -0.4 is 16.2 Å². The zero-order valence-corrected chi connectivity index (χ0v) is 11.0. The average Bonchev–Trinajstić information content (AvgIpc) is 2.30.